The highest BCUT2D eigenvalue weighted by Crippen LogP contribution is 2.41. The molecule has 1 aliphatic heterocycles. The Morgan fingerprint density at radius 3 is 2.59 bits per heavy atom. The van der Waals surface area contributed by atoms with Gasteiger partial charge in [-0.25, -0.2) is 4.39 Å². The van der Waals surface area contributed by atoms with Gasteiger partial charge >= 0.3 is 0 Å². The van der Waals surface area contributed by atoms with Gasteiger partial charge in [-0.3, -0.25) is 9.59 Å². The summed E-state index contributed by atoms with van der Waals surface area (Å²) in [4.78, 5) is 28.6. The average molecular weight is 480 g/mol. The molecule has 6 nitrogen and oxygen atoms in total. The van der Waals surface area contributed by atoms with Crippen molar-refractivity contribution >= 4 is 28.5 Å². The second-order valence-corrected chi connectivity index (χ2v) is 8.37. The maximum Gasteiger partial charge on any atom is 0.291 e. The van der Waals surface area contributed by atoms with Gasteiger partial charge in [0.1, 0.15) is 11.4 Å². The predicted molar refractivity (Wildman–Crippen MR) is 125 cm³/mol. The van der Waals surface area contributed by atoms with Crippen molar-refractivity contribution in [1.29, 1.82) is 0 Å². The summed E-state index contributed by atoms with van der Waals surface area (Å²) in [5.74, 6) is -0.744. The number of amides is 1. The number of ether oxygens (including phenoxy) is 1. The van der Waals surface area contributed by atoms with Crippen LogP contribution in [0.5, 0.6) is 11.5 Å². The van der Waals surface area contributed by atoms with Crippen LogP contribution in [0.1, 0.15) is 40.2 Å². The Morgan fingerprint density at radius 1 is 1.09 bits per heavy atom. The van der Waals surface area contributed by atoms with Gasteiger partial charge < -0.3 is 19.2 Å². The molecule has 0 saturated carbocycles. The summed E-state index contributed by atoms with van der Waals surface area (Å²) in [7, 11) is 0. The van der Waals surface area contributed by atoms with Crippen LogP contribution in [0, 0.1) is 5.82 Å². The van der Waals surface area contributed by atoms with Crippen LogP contribution in [0.3, 0.4) is 0 Å². The number of hydrogen-bond acceptors (Lipinski definition) is 5. The molecule has 4 aromatic rings. The number of nitrogens with zero attached hydrogens (tertiary/aromatic N) is 1. The largest absolute Gasteiger partial charge is 0.504 e. The summed E-state index contributed by atoms with van der Waals surface area (Å²) < 4.78 is 24.9. The Labute approximate surface area is 198 Å². The van der Waals surface area contributed by atoms with Gasteiger partial charge in [0.15, 0.2) is 16.9 Å². The van der Waals surface area contributed by atoms with Crippen LogP contribution >= 0.6 is 11.6 Å². The van der Waals surface area contributed by atoms with E-state index in [2.05, 4.69) is 0 Å². The van der Waals surface area contributed by atoms with E-state index >= 15 is 0 Å². The Kier molecular flexibility index (Phi) is 5.49. The summed E-state index contributed by atoms with van der Waals surface area (Å²) in [6, 6.07) is 14.3. The smallest absolute Gasteiger partial charge is 0.291 e. The number of carbonyl (C=O) groups excluding carboxylic acids is 1. The third-order valence-corrected chi connectivity index (χ3v) is 6.03. The summed E-state index contributed by atoms with van der Waals surface area (Å²) >= 11 is 6.11. The molecule has 0 fully saturated rings. The van der Waals surface area contributed by atoms with E-state index in [0.29, 0.717) is 22.8 Å². The second kappa shape index (κ2) is 8.50. The lowest BCUT2D eigenvalue weighted by Gasteiger charge is -2.25. The molecule has 5 rings (SSSR count). The topological polar surface area (TPSA) is 80.0 Å². The highest BCUT2D eigenvalue weighted by molar-refractivity contribution is 6.31. The van der Waals surface area contributed by atoms with Gasteiger partial charge in [0.25, 0.3) is 5.91 Å². The van der Waals surface area contributed by atoms with E-state index < -0.39 is 17.8 Å². The number of halogens is 2. The van der Waals surface area contributed by atoms with Crippen LogP contribution < -0.4 is 10.2 Å². The molecular formula is C26H19ClFNO5. The highest BCUT2D eigenvalue weighted by atomic mass is 35.5. The van der Waals surface area contributed by atoms with Crippen molar-refractivity contribution in [2.24, 2.45) is 0 Å². The number of fused-ring (bicyclic) bond motifs is 2. The van der Waals surface area contributed by atoms with E-state index in [9.17, 15) is 19.1 Å². The van der Waals surface area contributed by atoms with E-state index in [1.54, 1.807) is 43.3 Å². The van der Waals surface area contributed by atoms with E-state index in [-0.39, 0.29) is 45.8 Å². The van der Waals surface area contributed by atoms with Gasteiger partial charge in [-0.1, -0.05) is 29.8 Å². The van der Waals surface area contributed by atoms with Crippen molar-refractivity contribution in [2.45, 2.75) is 19.5 Å². The van der Waals surface area contributed by atoms with E-state index in [4.69, 9.17) is 20.8 Å². The van der Waals surface area contributed by atoms with Gasteiger partial charge in [-0.2, -0.15) is 0 Å². The molecule has 2 heterocycles. The number of phenols is 1. The van der Waals surface area contributed by atoms with Crippen LogP contribution in [-0.4, -0.2) is 22.5 Å². The van der Waals surface area contributed by atoms with Crippen LogP contribution in [0.2, 0.25) is 5.02 Å². The van der Waals surface area contributed by atoms with Crippen molar-refractivity contribution < 1.29 is 23.4 Å². The Morgan fingerprint density at radius 2 is 1.85 bits per heavy atom. The lowest BCUT2D eigenvalue weighted by atomic mass is 9.97. The molecule has 3 aromatic carbocycles. The fraction of sp³-hybridized carbons (Fsp3) is 0.154. The standard InChI is InChI=1S/C26H19ClFNO5/c1-2-33-21-11-15(5-9-19(21)30)23-22-24(31)18-12-16(27)6-10-20(18)34-25(22)26(32)29(23)13-14-3-7-17(28)8-4-14/h3-12,23,30H,2,13H2,1H3. The molecule has 1 unspecified atom stereocenters. The molecule has 1 N–H and O–H groups in total. The summed E-state index contributed by atoms with van der Waals surface area (Å²) in [5.41, 5.74) is 1.30. The minimum absolute atomic E-state index is 0.0574. The van der Waals surface area contributed by atoms with E-state index in [1.165, 1.54) is 29.2 Å². The molecule has 0 bridgehead atoms. The minimum atomic E-state index is -0.813. The molecule has 1 amide bonds. The lowest BCUT2D eigenvalue weighted by Crippen LogP contribution is -2.29. The van der Waals surface area contributed by atoms with Gasteiger partial charge in [-0.15, -0.1) is 0 Å². The number of rotatable bonds is 5. The zero-order valence-corrected chi connectivity index (χ0v) is 18.8. The van der Waals surface area contributed by atoms with Gasteiger partial charge in [0.2, 0.25) is 5.76 Å². The van der Waals surface area contributed by atoms with Crippen molar-refractivity contribution in [3.8, 4) is 11.5 Å². The Balaban J connectivity index is 1.72. The first-order valence-corrected chi connectivity index (χ1v) is 11.0. The molecule has 0 radical (unpaired) electrons. The Bertz CT molecular complexity index is 1480. The molecule has 1 aromatic heterocycles. The average Bonchev–Trinajstić information content (AvgIpc) is 3.09. The first-order chi connectivity index (χ1) is 16.4. The first kappa shape index (κ1) is 22.0. The fourth-order valence-corrected chi connectivity index (χ4v) is 4.43. The molecule has 8 heteroatoms. The van der Waals surface area contributed by atoms with Crippen LogP contribution in [0.15, 0.2) is 69.9 Å². The van der Waals surface area contributed by atoms with Gasteiger partial charge in [0, 0.05) is 11.6 Å². The lowest BCUT2D eigenvalue weighted by molar-refractivity contribution is 0.0714. The summed E-state index contributed by atoms with van der Waals surface area (Å²) in [6.45, 7) is 2.21. The maximum atomic E-state index is 13.6. The SMILES string of the molecule is CCOc1cc(C2c3c(oc4ccc(Cl)cc4c3=O)C(=O)N2Cc2ccc(F)cc2)ccc1O. The molecule has 0 spiro atoms. The molecule has 34 heavy (non-hydrogen) atoms. The second-order valence-electron chi connectivity index (χ2n) is 7.94. The molecule has 1 atom stereocenters. The molecule has 1 aliphatic rings. The van der Waals surface area contributed by atoms with Crippen molar-refractivity contribution in [1.82, 2.24) is 4.90 Å². The quantitative estimate of drug-likeness (QED) is 0.412. The van der Waals surface area contributed by atoms with Crippen molar-refractivity contribution in [3.05, 3.63) is 104 Å². The molecule has 0 aliphatic carbocycles. The molecule has 0 saturated heterocycles. The maximum absolute atomic E-state index is 13.6. The minimum Gasteiger partial charge on any atom is -0.504 e. The van der Waals surface area contributed by atoms with Crippen LogP contribution in [-0.2, 0) is 6.54 Å². The number of hydrogen-bond donors (Lipinski definition) is 1. The van der Waals surface area contributed by atoms with E-state index in [1.807, 2.05) is 0 Å². The number of benzene rings is 3. The monoisotopic (exact) mass is 479 g/mol. The Hall–Kier alpha value is -3.84. The third kappa shape index (κ3) is 3.68. The normalized spacial score (nSPS) is 15.1. The van der Waals surface area contributed by atoms with Gasteiger partial charge in [-0.05, 0) is 60.5 Å². The fourth-order valence-electron chi connectivity index (χ4n) is 4.26. The van der Waals surface area contributed by atoms with Gasteiger partial charge in [0.05, 0.1) is 23.6 Å². The van der Waals surface area contributed by atoms with Crippen LogP contribution in [0.4, 0.5) is 4.39 Å². The zero-order chi connectivity index (χ0) is 24.0. The third-order valence-electron chi connectivity index (χ3n) is 5.79. The predicted octanol–water partition coefficient (Wildman–Crippen LogP) is 5.44. The molecule has 172 valence electrons. The summed E-state index contributed by atoms with van der Waals surface area (Å²) in [5, 5.41) is 10.8. The molecular weight excluding hydrogens is 461 g/mol. The van der Waals surface area contributed by atoms with Crippen molar-refractivity contribution in [2.75, 3.05) is 6.61 Å². The number of aromatic hydroxyl groups is 1. The van der Waals surface area contributed by atoms with E-state index in [0.717, 1.165) is 0 Å². The number of carbonyl (C=O) groups is 1. The number of phenolic OH excluding ortho intramolecular Hbond substituents is 1. The zero-order valence-electron chi connectivity index (χ0n) is 18.0. The highest BCUT2D eigenvalue weighted by Gasteiger charge is 2.43. The first-order valence-electron chi connectivity index (χ1n) is 10.6. The van der Waals surface area contributed by atoms with Crippen molar-refractivity contribution in [3.63, 3.8) is 0 Å². The van der Waals surface area contributed by atoms with Crippen LogP contribution in [0.25, 0.3) is 11.0 Å². The summed E-state index contributed by atoms with van der Waals surface area (Å²) in [6.07, 6.45) is 0.